The molecule has 2 heterocycles. The van der Waals surface area contributed by atoms with Crippen molar-refractivity contribution in [3.8, 4) is 0 Å². The Bertz CT molecular complexity index is 400. The summed E-state index contributed by atoms with van der Waals surface area (Å²) in [5.74, 6) is 0. The molecule has 0 spiro atoms. The molecule has 0 amide bonds. The Morgan fingerprint density at radius 1 is 1.47 bits per heavy atom. The minimum atomic E-state index is 0.181. The fourth-order valence-electron chi connectivity index (χ4n) is 3.18. The average molecular weight is 281 g/mol. The van der Waals surface area contributed by atoms with E-state index in [1.807, 2.05) is 11.3 Å². The van der Waals surface area contributed by atoms with Crippen LogP contribution in [0.15, 0.2) is 12.1 Å². The van der Waals surface area contributed by atoms with Crippen LogP contribution < -0.4 is 5.73 Å². The van der Waals surface area contributed by atoms with Gasteiger partial charge in [-0.05, 0) is 59.5 Å². The number of nitrogens with zero attached hydrogens (tertiary/aromatic N) is 2. The van der Waals surface area contributed by atoms with Crippen molar-refractivity contribution < 1.29 is 0 Å². The molecular weight excluding hydrogens is 254 g/mol. The van der Waals surface area contributed by atoms with Gasteiger partial charge in [-0.25, -0.2) is 0 Å². The first-order valence-corrected chi connectivity index (χ1v) is 8.03. The molecule has 0 aromatic carbocycles. The maximum absolute atomic E-state index is 6.30. The molecule has 1 aliphatic rings. The monoisotopic (exact) mass is 281 g/mol. The summed E-state index contributed by atoms with van der Waals surface area (Å²) in [6, 6.07) is 5.69. The molecule has 0 aliphatic carbocycles. The highest BCUT2D eigenvalue weighted by molar-refractivity contribution is 7.12. The Labute approximate surface area is 121 Å². The predicted octanol–water partition coefficient (Wildman–Crippen LogP) is 2.47. The molecule has 1 aromatic rings. The van der Waals surface area contributed by atoms with Crippen molar-refractivity contribution in [2.45, 2.75) is 44.8 Å². The second-order valence-corrected chi connectivity index (χ2v) is 7.37. The van der Waals surface area contributed by atoms with Crippen LogP contribution in [0.25, 0.3) is 0 Å². The molecule has 3 nitrogen and oxygen atoms in total. The van der Waals surface area contributed by atoms with E-state index >= 15 is 0 Å². The Kier molecular flexibility index (Phi) is 5.01. The smallest absolute Gasteiger partial charge is 0.0593 e. The number of rotatable bonds is 5. The standard InChI is InChI=1S/C15H27N3S/c1-11-7-8-14(19-11)15(12(2)16)18-9-5-6-13(18)10-17(3)4/h7-8,12-13,15H,5-6,9-10,16H2,1-4H3. The van der Waals surface area contributed by atoms with Crippen LogP contribution >= 0.6 is 11.3 Å². The Morgan fingerprint density at radius 3 is 2.74 bits per heavy atom. The highest BCUT2D eigenvalue weighted by Gasteiger charge is 2.34. The van der Waals surface area contributed by atoms with Gasteiger partial charge in [-0.15, -0.1) is 11.3 Å². The lowest BCUT2D eigenvalue weighted by Crippen LogP contribution is -2.45. The van der Waals surface area contributed by atoms with Crippen LogP contribution in [-0.2, 0) is 0 Å². The van der Waals surface area contributed by atoms with E-state index in [1.54, 1.807) is 0 Å². The van der Waals surface area contributed by atoms with Gasteiger partial charge >= 0.3 is 0 Å². The summed E-state index contributed by atoms with van der Waals surface area (Å²) < 4.78 is 0. The summed E-state index contributed by atoms with van der Waals surface area (Å²) >= 11 is 1.90. The van der Waals surface area contributed by atoms with Crippen molar-refractivity contribution >= 4 is 11.3 Å². The second-order valence-electron chi connectivity index (χ2n) is 6.05. The van der Waals surface area contributed by atoms with Crippen molar-refractivity contribution in [2.24, 2.45) is 5.73 Å². The first kappa shape index (κ1) is 15.0. The molecule has 0 bridgehead atoms. The van der Waals surface area contributed by atoms with Gasteiger partial charge in [0, 0.05) is 28.4 Å². The van der Waals surface area contributed by atoms with Gasteiger partial charge < -0.3 is 10.6 Å². The van der Waals surface area contributed by atoms with Gasteiger partial charge in [0.05, 0.1) is 6.04 Å². The van der Waals surface area contributed by atoms with Crippen LogP contribution in [0, 0.1) is 6.92 Å². The molecule has 108 valence electrons. The number of thiophene rings is 1. The van der Waals surface area contributed by atoms with Gasteiger partial charge in [0.15, 0.2) is 0 Å². The molecule has 1 saturated heterocycles. The van der Waals surface area contributed by atoms with Gasteiger partial charge in [0.25, 0.3) is 0 Å². The summed E-state index contributed by atoms with van der Waals surface area (Å²) in [7, 11) is 4.32. The zero-order valence-corrected chi connectivity index (χ0v) is 13.4. The third-order valence-corrected chi connectivity index (χ3v) is 4.98. The third-order valence-electron chi connectivity index (χ3n) is 3.91. The minimum Gasteiger partial charge on any atom is -0.326 e. The normalized spacial score (nSPS) is 24.0. The van der Waals surface area contributed by atoms with E-state index < -0.39 is 0 Å². The van der Waals surface area contributed by atoms with Gasteiger partial charge in [-0.1, -0.05) is 0 Å². The molecule has 3 atom stereocenters. The molecule has 1 fully saturated rings. The van der Waals surface area contributed by atoms with Crippen molar-refractivity contribution in [3.05, 3.63) is 21.9 Å². The maximum atomic E-state index is 6.30. The zero-order valence-electron chi connectivity index (χ0n) is 12.6. The molecule has 2 N–H and O–H groups in total. The fraction of sp³-hybridized carbons (Fsp3) is 0.733. The van der Waals surface area contributed by atoms with E-state index in [4.69, 9.17) is 5.73 Å². The number of hydrogen-bond donors (Lipinski definition) is 1. The van der Waals surface area contributed by atoms with Crippen LogP contribution in [0.3, 0.4) is 0 Å². The van der Waals surface area contributed by atoms with Crippen LogP contribution in [-0.4, -0.2) is 49.1 Å². The summed E-state index contributed by atoms with van der Waals surface area (Å²) in [5.41, 5.74) is 6.30. The summed E-state index contributed by atoms with van der Waals surface area (Å²) in [6.07, 6.45) is 2.60. The SMILES string of the molecule is Cc1ccc(C(C(C)N)N2CCCC2CN(C)C)s1. The minimum absolute atomic E-state index is 0.181. The Hall–Kier alpha value is -0.420. The summed E-state index contributed by atoms with van der Waals surface area (Å²) in [6.45, 7) is 6.63. The summed E-state index contributed by atoms with van der Waals surface area (Å²) in [4.78, 5) is 7.73. The zero-order chi connectivity index (χ0) is 14.0. The second kappa shape index (κ2) is 6.35. The molecule has 3 unspecified atom stereocenters. The van der Waals surface area contributed by atoms with Crippen LogP contribution in [0.4, 0.5) is 0 Å². The fourth-order valence-corrected chi connectivity index (χ4v) is 4.29. The number of aryl methyl sites for hydroxylation is 1. The quantitative estimate of drug-likeness (QED) is 0.900. The average Bonchev–Trinajstić information content (AvgIpc) is 2.89. The Morgan fingerprint density at radius 2 is 2.21 bits per heavy atom. The van der Waals surface area contributed by atoms with E-state index in [0.29, 0.717) is 12.1 Å². The number of nitrogens with two attached hydrogens (primary N) is 1. The molecule has 0 saturated carbocycles. The lowest BCUT2D eigenvalue weighted by atomic mass is 10.1. The van der Waals surface area contributed by atoms with Crippen molar-refractivity contribution in [1.29, 1.82) is 0 Å². The van der Waals surface area contributed by atoms with Gasteiger partial charge in [0.2, 0.25) is 0 Å². The number of likely N-dealkylation sites (tertiary alicyclic amines) is 1. The molecule has 0 radical (unpaired) electrons. The lowest BCUT2D eigenvalue weighted by Gasteiger charge is -2.36. The first-order chi connectivity index (χ1) is 8.99. The molecule has 1 aromatic heterocycles. The van der Waals surface area contributed by atoms with E-state index in [1.165, 1.54) is 29.1 Å². The summed E-state index contributed by atoms with van der Waals surface area (Å²) in [5, 5.41) is 0. The number of hydrogen-bond acceptors (Lipinski definition) is 4. The van der Waals surface area contributed by atoms with Gasteiger partial charge in [0.1, 0.15) is 0 Å². The largest absolute Gasteiger partial charge is 0.326 e. The molecular formula is C15H27N3S. The van der Waals surface area contributed by atoms with E-state index in [-0.39, 0.29) is 6.04 Å². The Balaban J connectivity index is 2.18. The first-order valence-electron chi connectivity index (χ1n) is 7.21. The molecule has 19 heavy (non-hydrogen) atoms. The highest BCUT2D eigenvalue weighted by atomic mass is 32.1. The van der Waals surface area contributed by atoms with Crippen molar-refractivity contribution in [2.75, 3.05) is 27.2 Å². The molecule has 2 rings (SSSR count). The molecule has 4 heteroatoms. The third kappa shape index (κ3) is 3.57. The number of likely N-dealkylation sites (N-methyl/N-ethyl adjacent to an activating group) is 1. The lowest BCUT2D eigenvalue weighted by molar-refractivity contribution is 0.139. The predicted molar refractivity (Wildman–Crippen MR) is 83.7 cm³/mol. The van der Waals surface area contributed by atoms with Crippen molar-refractivity contribution in [1.82, 2.24) is 9.80 Å². The topological polar surface area (TPSA) is 32.5 Å². The highest BCUT2D eigenvalue weighted by Crippen LogP contribution is 2.34. The van der Waals surface area contributed by atoms with Gasteiger partial charge in [-0.2, -0.15) is 0 Å². The van der Waals surface area contributed by atoms with Gasteiger partial charge in [-0.3, -0.25) is 4.90 Å². The van der Waals surface area contributed by atoms with Crippen LogP contribution in [0.5, 0.6) is 0 Å². The van der Waals surface area contributed by atoms with Crippen LogP contribution in [0.1, 0.15) is 35.6 Å². The van der Waals surface area contributed by atoms with Crippen LogP contribution in [0.2, 0.25) is 0 Å². The molecule has 1 aliphatic heterocycles. The van der Waals surface area contributed by atoms with Crippen molar-refractivity contribution in [3.63, 3.8) is 0 Å². The van der Waals surface area contributed by atoms with E-state index in [0.717, 1.165) is 6.54 Å². The van der Waals surface area contributed by atoms with E-state index in [2.05, 4.69) is 49.9 Å². The maximum Gasteiger partial charge on any atom is 0.0593 e. The van der Waals surface area contributed by atoms with E-state index in [9.17, 15) is 0 Å².